The number of carbonyl (C=O) groups excluding carboxylic acids is 3. The molecule has 0 saturated carbocycles. The molecule has 342 valence electrons. The number of benzene rings is 3. The summed E-state index contributed by atoms with van der Waals surface area (Å²) in [5.74, 6) is -1.07. The number of aryl methyl sites for hydroxylation is 4. The molecular weight excluding hydrogens is 873 g/mol. The molecule has 6 aromatic rings. The van der Waals surface area contributed by atoms with Gasteiger partial charge in [0.1, 0.15) is 29.0 Å². The first-order valence-corrected chi connectivity index (χ1v) is 23.6. The van der Waals surface area contributed by atoms with Crippen LogP contribution in [0.5, 0.6) is 0 Å². The van der Waals surface area contributed by atoms with Crippen LogP contribution in [0.3, 0.4) is 0 Å². The van der Waals surface area contributed by atoms with Gasteiger partial charge in [-0.25, -0.2) is 4.98 Å². The third-order valence-electron chi connectivity index (χ3n) is 12.6. The van der Waals surface area contributed by atoms with Gasteiger partial charge in [0.15, 0.2) is 5.82 Å². The van der Waals surface area contributed by atoms with Gasteiger partial charge in [-0.2, -0.15) is 0 Å². The number of aliphatic hydroxyl groups excluding tert-OH is 1. The van der Waals surface area contributed by atoms with Gasteiger partial charge >= 0.3 is 5.97 Å². The summed E-state index contributed by atoms with van der Waals surface area (Å²) in [7, 11) is 0. The van der Waals surface area contributed by atoms with E-state index in [0.29, 0.717) is 28.5 Å². The maximum Gasteiger partial charge on any atom is 0.306 e. The molecule has 66 heavy (non-hydrogen) atoms. The summed E-state index contributed by atoms with van der Waals surface area (Å²) in [4.78, 5) is 67.3. The van der Waals surface area contributed by atoms with Crippen molar-refractivity contribution in [3.05, 3.63) is 128 Å². The highest BCUT2D eigenvalue weighted by Gasteiger charge is 2.45. The Balaban J connectivity index is 0.980. The Bertz CT molecular complexity index is 2890. The Morgan fingerprint density at radius 2 is 1.55 bits per heavy atom. The molecule has 2 aliphatic rings. The number of hydrogen-bond acceptors (Lipinski definition) is 11. The molecule has 0 bridgehead atoms. The minimum atomic E-state index is -1.00. The summed E-state index contributed by atoms with van der Waals surface area (Å²) in [6, 6.07) is 18.4. The second kappa shape index (κ2) is 18.1. The molecule has 0 spiro atoms. The molecule has 3 amide bonds. The van der Waals surface area contributed by atoms with Crippen molar-refractivity contribution in [1.29, 1.82) is 0 Å². The van der Waals surface area contributed by atoms with E-state index in [-0.39, 0.29) is 31.3 Å². The van der Waals surface area contributed by atoms with Crippen molar-refractivity contribution in [1.82, 2.24) is 35.3 Å². The van der Waals surface area contributed by atoms with Crippen molar-refractivity contribution in [2.75, 3.05) is 6.54 Å². The zero-order valence-electron chi connectivity index (χ0n) is 38.5. The fourth-order valence-electron chi connectivity index (χ4n) is 8.83. The Morgan fingerprint density at radius 1 is 0.879 bits per heavy atom. The van der Waals surface area contributed by atoms with E-state index in [0.717, 1.165) is 59.4 Å². The van der Waals surface area contributed by atoms with Crippen molar-refractivity contribution in [2.24, 2.45) is 10.4 Å². The van der Waals surface area contributed by atoms with Crippen LogP contribution in [0, 0.1) is 40.0 Å². The molecule has 3 aromatic heterocycles. The van der Waals surface area contributed by atoms with Crippen molar-refractivity contribution < 1.29 is 29.4 Å². The van der Waals surface area contributed by atoms with Gasteiger partial charge < -0.3 is 25.7 Å². The number of likely N-dealkylation sites (tertiary alicyclic amines) is 1. The number of fused-ring (bicyclic) bond motifs is 3. The molecule has 0 unspecified atom stereocenters. The first-order chi connectivity index (χ1) is 31.3. The largest absolute Gasteiger partial charge is 0.481 e. The van der Waals surface area contributed by atoms with Crippen molar-refractivity contribution in [3.8, 4) is 26.6 Å². The number of aromatic nitrogens is 4. The summed E-state index contributed by atoms with van der Waals surface area (Å²) in [5.41, 5.74) is 10.3. The Morgan fingerprint density at radius 3 is 2.18 bits per heavy atom. The van der Waals surface area contributed by atoms with Crippen LogP contribution >= 0.6 is 22.7 Å². The molecule has 16 heteroatoms. The lowest BCUT2D eigenvalue weighted by Gasteiger charge is -2.35. The molecule has 1 saturated heterocycles. The highest BCUT2D eigenvalue weighted by molar-refractivity contribution is 7.15. The lowest BCUT2D eigenvalue weighted by molar-refractivity contribution is -0.142. The predicted molar refractivity (Wildman–Crippen MR) is 256 cm³/mol. The number of aliphatic imine (C=N–C) groups is 1. The summed E-state index contributed by atoms with van der Waals surface area (Å²) in [6.45, 7) is 17.2. The fourth-order valence-corrected chi connectivity index (χ4v) is 10.9. The van der Waals surface area contributed by atoms with Gasteiger partial charge in [0.2, 0.25) is 11.8 Å². The number of thiophene rings is 1. The average molecular weight is 927 g/mol. The summed E-state index contributed by atoms with van der Waals surface area (Å²) >= 11 is 3.18. The SMILES string of the molecule is Cc1cc(-c2ccc(C3=N[C@@H](CC(=O)O)c4nnc(C)n4-c4sc(C)c(C)c43)cc2)ccc1C(=O)N[C@H](C(=O)N1C[C@H](O)C[C@H]1C(=O)N[C@@H](C)c1ccc(-c2scnc2C)cc1)C(C)(C)C. The number of rotatable bonds is 11. The normalized spacial score (nSPS) is 17.9. The van der Waals surface area contributed by atoms with Crippen LogP contribution in [0.25, 0.3) is 26.6 Å². The number of nitrogens with one attached hydrogen (secondary N) is 2. The summed E-state index contributed by atoms with van der Waals surface area (Å²) in [5, 5.41) is 36.2. The maximum atomic E-state index is 14.4. The maximum absolute atomic E-state index is 14.4. The van der Waals surface area contributed by atoms with Gasteiger partial charge in [0.25, 0.3) is 5.91 Å². The standard InChI is InChI=1S/C50H54N8O6S2/c1-25-20-35(32-12-14-33(15-13-32)42-41-26(2)29(5)66-49(41)58-30(6)55-56-45(58)38(53-42)22-40(60)61)18-19-37(25)46(62)54-44(50(7,8)9)48(64)57-23-36(59)21-39(57)47(63)52-27(3)31-10-16-34(17-11-31)43-28(4)51-24-65-43/h10-20,24,27,36,38-39,44,59H,21-23H2,1-9H3,(H,52,63)(H,54,62)(H,60,61)/t27-,36+,38-,39-,44+/m0/s1. The zero-order chi connectivity index (χ0) is 47.4. The van der Waals surface area contributed by atoms with E-state index in [4.69, 9.17) is 4.99 Å². The molecule has 5 atom stereocenters. The van der Waals surface area contributed by atoms with Crippen molar-refractivity contribution in [2.45, 2.75) is 105 Å². The topological polar surface area (TPSA) is 192 Å². The lowest BCUT2D eigenvalue weighted by atomic mass is 9.85. The third kappa shape index (κ3) is 8.96. The molecule has 0 radical (unpaired) electrons. The first kappa shape index (κ1) is 46.2. The minimum absolute atomic E-state index is 0.0324. The number of nitrogens with zero attached hydrogens (tertiary/aromatic N) is 6. The molecule has 8 rings (SSSR count). The fraction of sp³-hybridized carbons (Fsp3) is 0.360. The van der Waals surface area contributed by atoms with Gasteiger partial charge in [-0.15, -0.1) is 32.9 Å². The van der Waals surface area contributed by atoms with E-state index in [1.165, 1.54) is 4.90 Å². The predicted octanol–water partition coefficient (Wildman–Crippen LogP) is 8.01. The highest BCUT2D eigenvalue weighted by atomic mass is 32.1. The molecule has 14 nitrogen and oxygen atoms in total. The zero-order valence-corrected chi connectivity index (χ0v) is 40.1. The number of aliphatic carboxylic acids is 1. The first-order valence-electron chi connectivity index (χ1n) is 21.9. The van der Waals surface area contributed by atoms with Crippen LogP contribution < -0.4 is 10.6 Å². The quantitative estimate of drug-likeness (QED) is 0.0997. The smallest absolute Gasteiger partial charge is 0.306 e. The molecule has 0 aliphatic carbocycles. The van der Waals surface area contributed by atoms with Crippen molar-refractivity contribution in [3.63, 3.8) is 0 Å². The molecule has 4 N–H and O–H groups in total. The van der Waals surface area contributed by atoms with Crippen LogP contribution in [-0.2, 0) is 14.4 Å². The molecular formula is C50H54N8O6S2. The van der Waals surface area contributed by atoms with Gasteiger partial charge in [0, 0.05) is 34.5 Å². The number of amides is 3. The van der Waals surface area contributed by atoms with E-state index in [9.17, 15) is 29.4 Å². The van der Waals surface area contributed by atoms with Gasteiger partial charge in [-0.1, -0.05) is 81.4 Å². The van der Waals surface area contributed by atoms with Gasteiger partial charge in [0.05, 0.1) is 40.4 Å². The molecule has 2 aliphatic heterocycles. The van der Waals surface area contributed by atoms with Gasteiger partial charge in [-0.05, 0) is 86.4 Å². The lowest BCUT2D eigenvalue weighted by Crippen LogP contribution is -2.57. The molecule has 1 fully saturated rings. The van der Waals surface area contributed by atoms with E-state index in [2.05, 4.69) is 32.7 Å². The minimum Gasteiger partial charge on any atom is -0.481 e. The summed E-state index contributed by atoms with van der Waals surface area (Å²) in [6.07, 6.45) is -1.05. The van der Waals surface area contributed by atoms with Crippen LogP contribution in [0.15, 0.2) is 77.2 Å². The Hall–Kier alpha value is -6.36. The van der Waals surface area contributed by atoms with E-state index >= 15 is 0 Å². The van der Waals surface area contributed by atoms with E-state index in [1.807, 2.05) is 126 Å². The number of carboxylic acid groups (broad SMARTS) is 1. The molecule has 3 aromatic carbocycles. The number of β-amino-alcohol motifs (C(OH)–C–C–N with tert-alkyl or cyclic N) is 1. The van der Waals surface area contributed by atoms with Crippen LogP contribution in [0.2, 0.25) is 0 Å². The van der Waals surface area contributed by atoms with E-state index in [1.54, 1.807) is 28.7 Å². The molecule has 5 heterocycles. The monoisotopic (exact) mass is 926 g/mol. The Kier molecular flexibility index (Phi) is 12.7. The van der Waals surface area contributed by atoms with Gasteiger partial charge in [-0.3, -0.25) is 28.7 Å². The Labute approximate surface area is 391 Å². The second-order valence-corrected chi connectivity index (χ2v) is 20.4. The number of aliphatic hydroxyl groups is 1. The van der Waals surface area contributed by atoms with E-state index < -0.39 is 47.4 Å². The third-order valence-corrected chi connectivity index (χ3v) is 14.8. The number of thiazole rings is 1. The van der Waals surface area contributed by atoms with Crippen LogP contribution in [-0.4, -0.2) is 89.0 Å². The van der Waals surface area contributed by atoms with Crippen LogP contribution in [0.1, 0.15) is 113 Å². The summed E-state index contributed by atoms with van der Waals surface area (Å²) < 4.78 is 1.93. The highest BCUT2D eigenvalue weighted by Crippen LogP contribution is 2.40. The van der Waals surface area contributed by atoms with Crippen molar-refractivity contribution >= 4 is 52.1 Å². The number of carbonyl (C=O) groups is 4. The second-order valence-electron chi connectivity index (χ2n) is 18.4. The number of hydrogen-bond donors (Lipinski definition) is 4. The van der Waals surface area contributed by atoms with Crippen LogP contribution in [0.4, 0.5) is 0 Å². The number of carboxylic acids is 1. The average Bonchev–Trinajstić information content (AvgIpc) is 4.04.